The molecule has 2 N–H and O–H groups in total. The van der Waals surface area contributed by atoms with E-state index < -0.39 is 15.6 Å². The topological polar surface area (TPSA) is 93.1 Å². The van der Waals surface area contributed by atoms with Crippen molar-refractivity contribution in [2.75, 3.05) is 18.4 Å². The maximum absolute atomic E-state index is 12.4. The number of rotatable bonds is 6. The second kappa shape index (κ2) is 7.33. The van der Waals surface area contributed by atoms with Gasteiger partial charge in [-0.2, -0.15) is 5.10 Å². The lowest BCUT2D eigenvalue weighted by Crippen LogP contribution is -2.30. The van der Waals surface area contributed by atoms with E-state index in [2.05, 4.69) is 15.1 Å². The number of hydrogen-bond donors (Lipinski definition) is 2. The first kappa shape index (κ1) is 18.4. The zero-order valence-corrected chi connectivity index (χ0v) is 15.2. The number of benzene rings is 1. The molecule has 0 saturated carbocycles. The molecular weight excluding hydrogens is 352 g/mol. The van der Waals surface area contributed by atoms with E-state index in [1.165, 1.54) is 13.2 Å². The molecule has 0 fully saturated rings. The van der Waals surface area contributed by atoms with Crippen molar-refractivity contribution >= 4 is 27.3 Å². The quantitative estimate of drug-likeness (QED) is 0.750. The summed E-state index contributed by atoms with van der Waals surface area (Å²) in [5.74, 6) is 0. The van der Waals surface area contributed by atoms with Gasteiger partial charge < -0.3 is 5.32 Å². The molecule has 0 aliphatic carbocycles. The maximum atomic E-state index is 12.4. The molecule has 7 nitrogen and oxygen atoms in total. The average molecular weight is 371 g/mol. The highest BCUT2D eigenvalue weighted by atomic mass is 35.5. The molecule has 1 heterocycles. The van der Waals surface area contributed by atoms with Gasteiger partial charge in [0.1, 0.15) is 5.02 Å². The van der Waals surface area contributed by atoms with E-state index in [4.69, 9.17) is 11.6 Å². The first-order valence-corrected chi connectivity index (χ1v) is 9.11. The molecule has 0 aliphatic heterocycles. The van der Waals surface area contributed by atoms with Gasteiger partial charge in [0.15, 0.2) is 0 Å². The average Bonchev–Trinajstić information content (AvgIpc) is 2.53. The maximum Gasteiger partial charge on any atom is 0.287 e. The molecule has 0 radical (unpaired) electrons. The van der Waals surface area contributed by atoms with Crippen LogP contribution in [0.3, 0.4) is 0 Å². The standard InChI is InChI=1S/C15H19ClN4O3S/c1-10-4-5-11(2)13(8-10)24(22,23)19-7-6-17-12-9-18-20(3)15(21)14(12)16/h4-5,8-9,17,19H,6-7H2,1-3H3. The van der Waals surface area contributed by atoms with E-state index in [0.29, 0.717) is 11.3 Å². The Bertz CT molecular complexity index is 909. The van der Waals surface area contributed by atoms with E-state index in [-0.39, 0.29) is 23.0 Å². The summed E-state index contributed by atoms with van der Waals surface area (Å²) in [6, 6.07) is 5.26. The van der Waals surface area contributed by atoms with Crippen LogP contribution in [0.4, 0.5) is 5.69 Å². The predicted molar refractivity (Wildman–Crippen MR) is 94.1 cm³/mol. The SMILES string of the molecule is Cc1ccc(C)c(S(=O)(=O)NCCNc2cnn(C)c(=O)c2Cl)c1. The number of hydrogen-bond acceptors (Lipinski definition) is 5. The highest BCUT2D eigenvalue weighted by molar-refractivity contribution is 7.89. The summed E-state index contributed by atoms with van der Waals surface area (Å²) in [6.07, 6.45) is 1.42. The van der Waals surface area contributed by atoms with Crippen molar-refractivity contribution in [3.05, 3.63) is 50.9 Å². The number of aryl methyl sites for hydroxylation is 3. The van der Waals surface area contributed by atoms with Gasteiger partial charge in [-0.1, -0.05) is 23.7 Å². The molecular formula is C15H19ClN4O3S. The molecule has 0 bridgehead atoms. The van der Waals surface area contributed by atoms with Gasteiger partial charge in [0.05, 0.1) is 16.8 Å². The van der Waals surface area contributed by atoms with Crippen LogP contribution in [-0.4, -0.2) is 31.3 Å². The Hall–Kier alpha value is -1.90. The molecule has 1 aromatic heterocycles. The summed E-state index contributed by atoms with van der Waals surface area (Å²) in [7, 11) is -2.10. The normalized spacial score (nSPS) is 11.5. The fourth-order valence-corrected chi connectivity index (χ4v) is 3.69. The lowest BCUT2D eigenvalue weighted by Gasteiger charge is -2.11. The zero-order chi connectivity index (χ0) is 17.9. The van der Waals surface area contributed by atoms with Crippen LogP contribution in [0.5, 0.6) is 0 Å². The fraction of sp³-hybridized carbons (Fsp3) is 0.333. The zero-order valence-electron chi connectivity index (χ0n) is 13.6. The van der Waals surface area contributed by atoms with Crippen LogP contribution in [0, 0.1) is 13.8 Å². The van der Waals surface area contributed by atoms with Gasteiger partial charge in [0.2, 0.25) is 10.0 Å². The van der Waals surface area contributed by atoms with E-state index in [1.807, 2.05) is 13.0 Å². The number of halogens is 1. The third-order valence-electron chi connectivity index (χ3n) is 3.44. The first-order valence-electron chi connectivity index (χ1n) is 7.25. The Morgan fingerprint density at radius 2 is 1.96 bits per heavy atom. The first-order chi connectivity index (χ1) is 11.2. The Balaban J connectivity index is 2.00. The summed E-state index contributed by atoms with van der Waals surface area (Å²) in [5.41, 5.74) is 1.50. The van der Waals surface area contributed by atoms with Gasteiger partial charge in [0.25, 0.3) is 5.56 Å². The van der Waals surface area contributed by atoms with Crippen LogP contribution in [0.25, 0.3) is 0 Å². The van der Waals surface area contributed by atoms with E-state index in [0.717, 1.165) is 10.2 Å². The van der Waals surface area contributed by atoms with Crippen LogP contribution in [-0.2, 0) is 17.1 Å². The lowest BCUT2D eigenvalue weighted by molar-refractivity contribution is 0.582. The molecule has 0 amide bonds. The highest BCUT2D eigenvalue weighted by Gasteiger charge is 2.16. The van der Waals surface area contributed by atoms with Crippen LogP contribution in [0.2, 0.25) is 5.02 Å². The third kappa shape index (κ3) is 4.14. The van der Waals surface area contributed by atoms with Crippen molar-refractivity contribution in [2.45, 2.75) is 18.7 Å². The molecule has 2 aromatic rings. The minimum atomic E-state index is -3.60. The van der Waals surface area contributed by atoms with E-state index >= 15 is 0 Å². The number of nitrogens with zero attached hydrogens (tertiary/aromatic N) is 2. The Morgan fingerprint density at radius 1 is 1.25 bits per heavy atom. The van der Waals surface area contributed by atoms with Crippen molar-refractivity contribution in [1.29, 1.82) is 0 Å². The van der Waals surface area contributed by atoms with Crippen LogP contribution >= 0.6 is 11.6 Å². The second-order valence-corrected chi connectivity index (χ2v) is 7.51. The van der Waals surface area contributed by atoms with Gasteiger partial charge in [-0.25, -0.2) is 17.8 Å². The summed E-state index contributed by atoms with van der Waals surface area (Å²) < 4.78 is 28.3. The molecule has 24 heavy (non-hydrogen) atoms. The molecule has 9 heteroatoms. The molecule has 130 valence electrons. The van der Waals surface area contributed by atoms with Crippen molar-refractivity contribution in [3.63, 3.8) is 0 Å². The summed E-state index contributed by atoms with van der Waals surface area (Å²) in [6.45, 7) is 3.99. The monoisotopic (exact) mass is 370 g/mol. The third-order valence-corrected chi connectivity index (χ3v) is 5.41. The predicted octanol–water partition coefficient (Wildman–Crippen LogP) is 1.44. The summed E-state index contributed by atoms with van der Waals surface area (Å²) in [5, 5.41) is 6.77. The second-order valence-electron chi connectivity index (χ2n) is 5.39. The molecule has 0 aliphatic rings. The molecule has 0 saturated heterocycles. The van der Waals surface area contributed by atoms with Gasteiger partial charge in [-0.05, 0) is 31.0 Å². The highest BCUT2D eigenvalue weighted by Crippen LogP contribution is 2.17. The van der Waals surface area contributed by atoms with Gasteiger partial charge >= 0.3 is 0 Å². The number of sulfonamides is 1. The number of nitrogens with one attached hydrogen (secondary N) is 2. The lowest BCUT2D eigenvalue weighted by atomic mass is 10.2. The Labute approximate surface area is 145 Å². The minimum Gasteiger partial charge on any atom is -0.381 e. The van der Waals surface area contributed by atoms with Gasteiger partial charge in [-0.3, -0.25) is 4.79 Å². The number of anilines is 1. The fourth-order valence-electron chi connectivity index (χ4n) is 2.09. The molecule has 0 atom stereocenters. The van der Waals surface area contributed by atoms with Crippen LogP contribution in [0.1, 0.15) is 11.1 Å². The van der Waals surface area contributed by atoms with Crippen molar-refractivity contribution in [2.24, 2.45) is 7.05 Å². The smallest absolute Gasteiger partial charge is 0.287 e. The minimum absolute atomic E-state index is 0.0184. The van der Waals surface area contributed by atoms with Crippen LogP contribution in [0.15, 0.2) is 34.1 Å². The van der Waals surface area contributed by atoms with Gasteiger partial charge in [0, 0.05) is 20.1 Å². The van der Waals surface area contributed by atoms with E-state index in [1.54, 1.807) is 19.1 Å². The number of aromatic nitrogens is 2. The molecule has 0 unspecified atom stereocenters. The van der Waals surface area contributed by atoms with Crippen molar-refractivity contribution in [1.82, 2.24) is 14.5 Å². The van der Waals surface area contributed by atoms with Crippen LogP contribution < -0.4 is 15.6 Å². The largest absolute Gasteiger partial charge is 0.381 e. The molecule has 2 rings (SSSR count). The Kier molecular flexibility index (Phi) is 5.63. The summed E-state index contributed by atoms with van der Waals surface area (Å²) in [4.78, 5) is 11.9. The Morgan fingerprint density at radius 3 is 2.67 bits per heavy atom. The molecule has 1 aromatic carbocycles. The van der Waals surface area contributed by atoms with Gasteiger partial charge in [-0.15, -0.1) is 0 Å². The van der Waals surface area contributed by atoms with Crippen molar-refractivity contribution < 1.29 is 8.42 Å². The van der Waals surface area contributed by atoms with E-state index in [9.17, 15) is 13.2 Å². The van der Waals surface area contributed by atoms with Crippen molar-refractivity contribution in [3.8, 4) is 0 Å². The molecule has 0 spiro atoms. The summed E-state index contributed by atoms with van der Waals surface area (Å²) >= 11 is 5.93.